The third-order valence-electron chi connectivity index (χ3n) is 3.66. The normalized spacial score (nSPS) is 16.2. The van der Waals surface area contributed by atoms with Crippen molar-refractivity contribution >= 4 is 16.5 Å². The molecule has 1 aliphatic carbocycles. The van der Waals surface area contributed by atoms with E-state index in [9.17, 15) is 0 Å². The van der Waals surface area contributed by atoms with Crippen molar-refractivity contribution in [3.8, 4) is 0 Å². The molecule has 1 nitrogen and oxygen atoms in total. The van der Waals surface area contributed by atoms with Crippen LogP contribution < -0.4 is 51.4 Å². The van der Waals surface area contributed by atoms with Gasteiger partial charge in [-0.15, -0.1) is 11.7 Å². The van der Waals surface area contributed by atoms with Crippen molar-refractivity contribution in [1.82, 2.24) is 0 Å². The minimum absolute atomic E-state index is 0. The van der Waals surface area contributed by atoms with E-state index in [2.05, 4.69) is 42.5 Å². The van der Waals surface area contributed by atoms with Crippen LogP contribution in [0.3, 0.4) is 0 Å². The molecule has 1 fully saturated rings. The number of hydrogen-bond acceptors (Lipinski definition) is 0. The van der Waals surface area contributed by atoms with E-state index in [4.69, 9.17) is 5.32 Å². The van der Waals surface area contributed by atoms with Crippen LogP contribution in [0.2, 0.25) is 0 Å². The summed E-state index contributed by atoms with van der Waals surface area (Å²) in [5, 5.41) is 7.53. The summed E-state index contributed by atoms with van der Waals surface area (Å²) in [4.78, 5) is 0. The summed E-state index contributed by atoms with van der Waals surface area (Å²) in [5.74, 6) is 0. The molecule has 0 bridgehead atoms. The van der Waals surface area contributed by atoms with E-state index in [0.29, 0.717) is 6.04 Å². The summed E-state index contributed by atoms with van der Waals surface area (Å²) in [5.41, 5.74) is 1.18. The third kappa shape index (κ3) is 3.37. The van der Waals surface area contributed by atoms with Gasteiger partial charge in [-0.05, 0) is 10.8 Å². The maximum absolute atomic E-state index is 4.95. The van der Waals surface area contributed by atoms with E-state index in [1.807, 2.05) is 0 Å². The number of rotatable bonds is 2. The van der Waals surface area contributed by atoms with Crippen LogP contribution in [-0.4, -0.2) is 6.04 Å². The van der Waals surface area contributed by atoms with Crippen molar-refractivity contribution in [1.29, 1.82) is 0 Å². The maximum Gasteiger partial charge on any atom is 1.00 e. The molecule has 2 heteroatoms. The topological polar surface area (TPSA) is 14.1 Å². The van der Waals surface area contributed by atoms with Gasteiger partial charge in [0.25, 0.3) is 0 Å². The maximum atomic E-state index is 4.95. The van der Waals surface area contributed by atoms with Gasteiger partial charge in [0.15, 0.2) is 0 Å². The summed E-state index contributed by atoms with van der Waals surface area (Å²) >= 11 is 0. The molecule has 1 aliphatic rings. The van der Waals surface area contributed by atoms with Gasteiger partial charge >= 0.3 is 51.4 Å². The summed E-state index contributed by atoms with van der Waals surface area (Å²) in [7, 11) is 0. The van der Waals surface area contributed by atoms with Gasteiger partial charge < -0.3 is 5.32 Å². The molecule has 0 atom stereocenters. The molecule has 0 aliphatic heterocycles. The first-order valence-electron chi connectivity index (χ1n) is 6.62. The molecule has 0 heterocycles. The van der Waals surface area contributed by atoms with E-state index >= 15 is 0 Å². The molecule has 0 spiro atoms. The predicted molar refractivity (Wildman–Crippen MR) is 73.8 cm³/mol. The molecule has 0 saturated heterocycles. The zero-order valence-corrected chi connectivity index (χ0v) is 14.2. The Morgan fingerprint density at radius 3 is 2.39 bits per heavy atom. The van der Waals surface area contributed by atoms with Gasteiger partial charge in [-0.1, -0.05) is 74.6 Å². The summed E-state index contributed by atoms with van der Waals surface area (Å²) < 4.78 is 0. The van der Waals surface area contributed by atoms with Gasteiger partial charge in [-0.2, -0.15) is 0 Å². The molecule has 18 heavy (non-hydrogen) atoms. The molecule has 3 rings (SSSR count). The Morgan fingerprint density at radius 1 is 0.833 bits per heavy atom. The third-order valence-corrected chi connectivity index (χ3v) is 3.66. The minimum Gasteiger partial charge on any atom is -0.681 e. The van der Waals surface area contributed by atoms with Crippen molar-refractivity contribution in [3.63, 3.8) is 0 Å². The standard InChI is InChI=1S/C16H18N.K/c1-2-9-14(10-3-1)17-16-12-6-8-13-7-4-5-11-15(13)16;/h4-8,11-12,14H,1-3,9-10H2;/q-1;+1. The SMILES string of the molecule is [K+].c1ccc2c([N-]C3CCCCC3)cccc2c1. The first kappa shape index (κ1) is 14.5. The van der Waals surface area contributed by atoms with Crippen molar-refractivity contribution in [3.05, 3.63) is 47.8 Å². The Kier molecular flexibility index (Phi) is 5.71. The smallest absolute Gasteiger partial charge is 0.681 e. The molecule has 88 valence electrons. The zero-order valence-electron chi connectivity index (χ0n) is 11.1. The summed E-state index contributed by atoms with van der Waals surface area (Å²) in [6.45, 7) is 0. The molecular formula is C16H18KN. The Morgan fingerprint density at radius 2 is 1.56 bits per heavy atom. The Bertz CT molecular complexity index is 498. The van der Waals surface area contributed by atoms with Crippen LogP contribution >= 0.6 is 0 Å². The van der Waals surface area contributed by atoms with E-state index in [1.54, 1.807) is 0 Å². The quantitative estimate of drug-likeness (QED) is 0.738. The van der Waals surface area contributed by atoms with Crippen LogP contribution in [-0.2, 0) is 0 Å². The largest absolute Gasteiger partial charge is 1.00 e. The Hall–Kier alpha value is 0.136. The van der Waals surface area contributed by atoms with Gasteiger partial charge in [0.05, 0.1) is 0 Å². The molecule has 1 saturated carbocycles. The molecule has 0 aromatic heterocycles. The monoisotopic (exact) mass is 263 g/mol. The van der Waals surface area contributed by atoms with Crippen LogP contribution in [0, 0.1) is 0 Å². The van der Waals surface area contributed by atoms with E-state index < -0.39 is 0 Å². The van der Waals surface area contributed by atoms with Crippen LogP contribution in [0.4, 0.5) is 5.69 Å². The fourth-order valence-corrected chi connectivity index (χ4v) is 2.73. The fraction of sp³-hybridized carbons (Fsp3) is 0.375. The average Bonchev–Trinajstić information content (AvgIpc) is 2.40. The number of hydrogen-bond donors (Lipinski definition) is 0. The van der Waals surface area contributed by atoms with Crippen molar-refractivity contribution < 1.29 is 51.4 Å². The molecule has 2 aromatic carbocycles. The fourth-order valence-electron chi connectivity index (χ4n) is 2.73. The van der Waals surface area contributed by atoms with Crippen LogP contribution in [0.15, 0.2) is 42.5 Å². The van der Waals surface area contributed by atoms with Crippen molar-refractivity contribution in [2.45, 2.75) is 38.1 Å². The van der Waals surface area contributed by atoms with Gasteiger partial charge in [-0.3, -0.25) is 0 Å². The van der Waals surface area contributed by atoms with E-state index in [1.165, 1.54) is 48.6 Å². The van der Waals surface area contributed by atoms with Crippen molar-refractivity contribution in [2.75, 3.05) is 0 Å². The van der Waals surface area contributed by atoms with Gasteiger partial charge in [0.1, 0.15) is 0 Å². The number of benzene rings is 2. The molecule has 2 aromatic rings. The molecule has 0 unspecified atom stereocenters. The Balaban J connectivity index is 0.00000120. The predicted octanol–water partition coefficient (Wildman–Crippen LogP) is 2.18. The second-order valence-corrected chi connectivity index (χ2v) is 4.92. The first-order valence-corrected chi connectivity index (χ1v) is 6.62. The molecule has 0 N–H and O–H groups in total. The van der Waals surface area contributed by atoms with Crippen LogP contribution in [0.5, 0.6) is 0 Å². The summed E-state index contributed by atoms with van der Waals surface area (Å²) in [6, 6.07) is 15.5. The van der Waals surface area contributed by atoms with Crippen LogP contribution in [0.25, 0.3) is 16.1 Å². The molecule has 0 radical (unpaired) electrons. The second-order valence-electron chi connectivity index (χ2n) is 4.92. The molecule has 0 amide bonds. The Labute approximate surface area is 152 Å². The van der Waals surface area contributed by atoms with E-state index in [-0.39, 0.29) is 51.4 Å². The minimum atomic E-state index is 0. The first-order chi connectivity index (χ1) is 8.43. The van der Waals surface area contributed by atoms with Crippen molar-refractivity contribution in [2.24, 2.45) is 0 Å². The van der Waals surface area contributed by atoms with E-state index in [0.717, 1.165) is 0 Å². The van der Waals surface area contributed by atoms with Crippen LogP contribution in [0.1, 0.15) is 32.1 Å². The van der Waals surface area contributed by atoms with Gasteiger partial charge in [-0.25, -0.2) is 0 Å². The number of fused-ring (bicyclic) bond motifs is 1. The second kappa shape index (κ2) is 7.06. The average molecular weight is 263 g/mol. The van der Waals surface area contributed by atoms with Gasteiger partial charge in [0, 0.05) is 0 Å². The molecular weight excluding hydrogens is 245 g/mol. The number of nitrogens with zero attached hydrogens (tertiary/aromatic N) is 1. The summed E-state index contributed by atoms with van der Waals surface area (Å²) in [6.07, 6.45) is 6.62. The zero-order chi connectivity index (χ0) is 11.5. The van der Waals surface area contributed by atoms with Gasteiger partial charge in [0.2, 0.25) is 0 Å².